The number of hydrazone groups is 1. The van der Waals surface area contributed by atoms with Crippen LogP contribution in [0.4, 0.5) is 5.69 Å². The van der Waals surface area contributed by atoms with Crippen molar-refractivity contribution in [2.45, 2.75) is 0 Å². The lowest BCUT2D eigenvalue weighted by Crippen LogP contribution is -2.18. The highest BCUT2D eigenvalue weighted by molar-refractivity contribution is 9.10. The van der Waals surface area contributed by atoms with E-state index in [1.807, 2.05) is 0 Å². The van der Waals surface area contributed by atoms with Crippen LogP contribution in [0.15, 0.2) is 99.1 Å². The first kappa shape index (κ1) is 24.9. The number of carbonyl (C=O) groups excluding carboxylic acids is 3. The van der Waals surface area contributed by atoms with E-state index in [2.05, 4.69) is 31.8 Å². The molecule has 0 bridgehead atoms. The second kappa shape index (κ2) is 11.5. The maximum absolute atomic E-state index is 12.5. The quantitative estimate of drug-likeness (QED) is 0.125. The van der Waals surface area contributed by atoms with Crippen LogP contribution in [0.25, 0.3) is 0 Å². The van der Waals surface area contributed by atoms with Crippen molar-refractivity contribution in [3.8, 4) is 5.75 Å². The number of hydrogen-bond acceptors (Lipinski definition) is 6. The molecule has 0 spiro atoms. The standard InChI is InChI=1S/C26H17BrClN3O5/c27-19-7-12-22(36-26(34)17-3-8-20(28)9-4-17)18(14-19)15-29-31-24(32)16-5-10-21(11-6-16)30-25(33)23-2-1-13-35-23/h1-15H,(H,30,33)(H,31,32)/b29-15-. The molecule has 8 nitrogen and oxygen atoms in total. The zero-order valence-electron chi connectivity index (χ0n) is 18.4. The number of esters is 1. The van der Waals surface area contributed by atoms with Gasteiger partial charge in [0.05, 0.1) is 18.0 Å². The summed E-state index contributed by atoms with van der Waals surface area (Å²) in [6.45, 7) is 0. The molecule has 0 fully saturated rings. The highest BCUT2D eigenvalue weighted by Gasteiger charge is 2.13. The third-order valence-electron chi connectivity index (χ3n) is 4.77. The van der Waals surface area contributed by atoms with Crippen LogP contribution >= 0.6 is 27.5 Å². The molecule has 0 aliphatic rings. The van der Waals surface area contributed by atoms with Crippen molar-refractivity contribution < 1.29 is 23.5 Å². The van der Waals surface area contributed by atoms with Gasteiger partial charge in [-0.15, -0.1) is 0 Å². The summed E-state index contributed by atoms with van der Waals surface area (Å²) in [7, 11) is 0. The van der Waals surface area contributed by atoms with E-state index in [0.717, 1.165) is 4.47 Å². The Labute approximate surface area is 219 Å². The normalized spacial score (nSPS) is 10.7. The molecule has 0 saturated carbocycles. The zero-order chi connectivity index (χ0) is 25.5. The average molecular weight is 567 g/mol. The van der Waals surface area contributed by atoms with Gasteiger partial charge in [0.2, 0.25) is 0 Å². The lowest BCUT2D eigenvalue weighted by atomic mass is 10.2. The van der Waals surface area contributed by atoms with Gasteiger partial charge in [0.15, 0.2) is 5.76 Å². The second-order valence-corrected chi connectivity index (χ2v) is 8.64. The molecule has 0 radical (unpaired) electrons. The van der Waals surface area contributed by atoms with Gasteiger partial charge in [-0.05, 0) is 78.9 Å². The maximum atomic E-state index is 12.5. The highest BCUT2D eigenvalue weighted by atomic mass is 79.9. The molecule has 10 heteroatoms. The second-order valence-electron chi connectivity index (χ2n) is 7.29. The van der Waals surface area contributed by atoms with Gasteiger partial charge < -0.3 is 14.5 Å². The van der Waals surface area contributed by atoms with E-state index in [9.17, 15) is 14.4 Å². The first-order chi connectivity index (χ1) is 17.4. The fourth-order valence-corrected chi connectivity index (χ4v) is 3.49. The topological polar surface area (TPSA) is 110 Å². The summed E-state index contributed by atoms with van der Waals surface area (Å²) in [5, 5.41) is 7.16. The summed E-state index contributed by atoms with van der Waals surface area (Å²) in [6, 6.07) is 20.7. The first-order valence-electron chi connectivity index (χ1n) is 10.4. The number of rotatable bonds is 7. The molecule has 3 aromatic carbocycles. The summed E-state index contributed by atoms with van der Waals surface area (Å²) in [6.07, 6.45) is 2.77. The maximum Gasteiger partial charge on any atom is 0.343 e. The molecular formula is C26H17BrClN3O5. The van der Waals surface area contributed by atoms with Gasteiger partial charge in [-0.25, -0.2) is 10.2 Å². The van der Waals surface area contributed by atoms with Crippen LogP contribution in [0.1, 0.15) is 36.8 Å². The van der Waals surface area contributed by atoms with Gasteiger partial charge in [-0.2, -0.15) is 5.10 Å². The summed E-state index contributed by atoms with van der Waals surface area (Å²) in [5.74, 6) is -0.995. The first-order valence-corrected chi connectivity index (χ1v) is 11.6. The van der Waals surface area contributed by atoms with E-state index in [4.69, 9.17) is 20.8 Å². The van der Waals surface area contributed by atoms with Crippen molar-refractivity contribution in [3.05, 3.63) is 117 Å². The zero-order valence-corrected chi connectivity index (χ0v) is 20.7. The van der Waals surface area contributed by atoms with Gasteiger partial charge in [-0.1, -0.05) is 27.5 Å². The molecule has 1 aromatic heterocycles. The number of benzene rings is 3. The Bertz CT molecular complexity index is 1420. The van der Waals surface area contributed by atoms with E-state index in [-0.39, 0.29) is 11.5 Å². The van der Waals surface area contributed by atoms with Crippen molar-refractivity contribution >= 4 is 57.2 Å². The van der Waals surface area contributed by atoms with E-state index in [1.54, 1.807) is 78.9 Å². The third kappa shape index (κ3) is 6.47. The van der Waals surface area contributed by atoms with Crippen molar-refractivity contribution in [2.75, 3.05) is 5.32 Å². The van der Waals surface area contributed by atoms with Crippen LogP contribution in [0.3, 0.4) is 0 Å². The van der Waals surface area contributed by atoms with Gasteiger partial charge in [0.1, 0.15) is 5.75 Å². The van der Waals surface area contributed by atoms with Crippen LogP contribution < -0.4 is 15.5 Å². The van der Waals surface area contributed by atoms with Crippen LogP contribution in [-0.4, -0.2) is 24.0 Å². The smallest absolute Gasteiger partial charge is 0.343 e. The number of carbonyl (C=O) groups is 3. The summed E-state index contributed by atoms with van der Waals surface area (Å²) in [4.78, 5) is 37.0. The number of hydrogen-bond donors (Lipinski definition) is 2. The number of nitrogens with zero attached hydrogens (tertiary/aromatic N) is 1. The molecule has 0 aliphatic heterocycles. The minimum atomic E-state index is -0.563. The molecular weight excluding hydrogens is 550 g/mol. The molecule has 4 rings (SSSR count). The number of nitrogens with one attached hydrogen (secondary N) is 2. The molecule has 180 valence electrons. The van der Waals surface area contributed by atoms with Crippen LogP contribution in [0.2, 0.25) is 5.02 Å². The fourth-order valence-electron chi connectivity index (χ4n) is 2.99. The summed E-state index contributed by atoms with van der Waals surface area (Å²) < 4.78 is 11.3. The average Bonchev–Trinajstić information content (AvgIpc) is 3.42. The number of amides is 2. The molecule has 0 unspecified atom stereocenters. The molecule has 4 aromatic rings. The number of anilines is 1. The van der Waals surface area contributed by atoms with Crippen LogP contribution in [-0.2, 0) is 0 Å². The molecule has 2 N–H and O–H groups in total. The summed E-state index contributed by atoms with van der Waals surface area (Å²) in [5.41, 5.74) is 4.05. The Morgan fingerprint density at radius 3 is 2.33 bits per heavy atom. The molecule has 1 heterocycles. The van der Waals surface area contributed by atoms with Crippen LogP contribution in [0, 0.1) is 0 Å². The van der Waals surface area contributed by atoms with Crippen LogP contribution in [0.5, 0.6) is 5.75 Å². The molecule has 2 amide bonds. The van der Waals surface area contributed by atoms with E-state index < -0.39 is 17.8 Å². The van der Waals surface area contributed by atoms with Gasteiger partial charge >= 0.3 is 5.97 Å². The third-order valence-corrected chi connectivity index (χ3v) is 5.52. The van der Waals surface area contributed by atoms with Crippen molar-refractivity contribution in [1.29, 1.82) is 0 Å². The number of halogens is 2. The van der Waals surface area contributed by atoms with Crippen molar-refractivity contribution in [1.82, 2.24) is 5.43 Å². The van der Waals surface area contributed by atoms with Crippen molar-refractivity contribution in [2.24, 2.45) is 5.10 Å². The molecule has 36 heavy (non-hydrogen) atoms. The molecule has 0 atom stereocenters. The van der Waals surface area contributed by atoms with E-state index >= 15 is 0 Å². The Balaban J connectivity index is 1.39. The highest BCUT2D eigenvalue weighted by Crippen LogP contribution is 2.23. The van der Waals surface area contributed by atoms with Crippen molar-refractivity contribution in [3.63, 3.8) is 0 Å². The van der Waals surface area contributed by atoms with Gasteiger partial charge in [-0.3, -0.25) is 9.59 Å². The van der Waals surface area contributed by atoms with Gasteiger partial charge in [0, 0.05) is 26.3 Å². The molecule has 0 saturated heterocycles. The van der Waals surface area contributed by atoms with E-state index in [0.29, 0.717) is 27.4 Å². The predicted octanol–water partition coefficient (Wildman–Crippen LogP) is 5.93. The Hall–Kier alpha value is -4.21. The number of furan rings is 1. The lowest BCUT2D eigenvalue weighted by Gasteiger charge is -2.08. The predicted molar refractivity (Wildman–Crippen MR) is 139 cm³/mol. The Kier molecular flexibility index (Phi) is 7.94. The van der Waals surface area contributed by atoms with E-state index in [1.165, 1.54) is 12.5 Å². The largest absolute Gasteiger partial charge is 0.459 e. The summed E-state index contributed by atoms with van der Waals surface area (Å²) >= 11 is 9.23. The fraction of sp³-hybridized carbons (Fsp3) is 0. The molecule has 0 aliphatic carbocycles. The Morgan fingerprint density at radius 2 is 1.64 bits per heavy atom. The minimum absolute atomic E-state index is 0.178. The van der Waals surface area contributed by atoms with Gasteiger partial charge in [0.25, 0.3) is 11.8 Å². The minimum Gasteiger partial charge on any atom is -0.459 e. The Morgan fingerprint density at radius 1 is 0.917 bits per heavy atom. The monoisotopic (exact) mass is 565 g/mol. The SMILES string of the molecule is O=C(N/N=C\c1cc(Br)ccc1OC(=O)c1ccc(Cl)cc1)c1ccc(NC(=O)c2ccco2)cc1. The number of ether oxygens (including phenoxy) is 1. The lowest BCUT2D eigenvalue weighted by molar-refractivity contribution is 0.0734.